The molecule has 0 saturated heterocycles. The molecule has 214 valence electrons. The van der Waals surface area contributed by atoms with E-state index in [1.165, 1.54) is 7.11 Å². The molecule has 0 unspecified atom stereocenters. The van der Waals surface area contributed by atoms with Gasteiger partial charge in [0.1, 0.15) is 23.2 Å². The van der Waals surface area contributed by atoms with E-state index in [1.807, 2.05) is 56.4 Å². The van der Waals surface area contributed by atoms with Crippen LogP contribution in [0.3, 0.4) is 0 Å². The van der Waals surface area contributed by atoms with Crippen molar-refractivity contribution < 1.29 is 24.0 Å². The molecule has 4 aromatic rings. The van der Waals surface area contributed by atoms with Gasteiger partial charge in [-0.2, -0.15) is 4.57 Å². The maximum Gasteiger partial charge on any atom is 0.339 e. The minimum absolute atomic E-state index is 0.0449. The van der Waals surface area contributed by atoms with Crippen LogP contribution >= 0.6 is 0 Å². The van der Waals surface area contributed by atoms with Crippen LogP contribution in [0.25, 0.3) is 16.9 Å². The van der Waals surface area contributed by atoms with Crippen molar-refractivity contribution in [3.8, 4) is 22.7 Å². The van der Waals surface area contributed by atoms with Crippen molar-refractivity contribution in [2.24, 2.45) is 11.5 Å². The van der Waals surface area contributed by atoms with Gasteiger partial charge in [0.15, 0.2) is 5.69 Å². The van der Waals surface area contributed by atoms with Gasteiger partial charge in [0, 0.05) is 24.2 Å². The molecule has 1 atom stereocenters. The van der Waals surface area contributed by atoms with E-state index in [1.54, 1.807) is 12.1 Å². The normalized spacial score (nSPS) is 11.8. The summed E-state index contributed by atoms with van der Waals surface area (Å²) in [5.74, 6) is -0.0881. The maximum atomic E-state index is 11.9. The van der Waals surface area contributed by atoms with Gasteiger partial charge in [0.2, 0.25) is 5.91 Å². The first-order valence-corrected chi connectivity index (χ1v) is 13.7. The Kier molecular flexibility index (Phi) is 9.54. The lowest BCUT2D eigenvalue weighted by Gasteiger charge is -2.16. The fourth-order valence-electron chi connectivity index (χ4n) is 5.32. The number of carbonyl (C=O) groups excluding carboxylic acids is 1. The number of carboxylic acid groups (broad SMARTS) is 1. The Morgan fingerprint density at radius 3 is 2.39 bits per heavy atom. The quantitative estimate of drug-likeness (QED) is 0.124. The zero-order valence-electron chi connectivity index (χ0n) is 23.7. The zero-order chi connectivity index (χ0) is 29.5. The van der Waals surface area contributed by atoms with Crippen molar-refractivity contribution in [1.29, 1.82) is 0 Å². The van der Waals surface area contributed by atoms with Crippen molar-refractivity contribution in [2.75, 3.05) is 20.2 Å². The van der Waals surface area contributed by atoms with Gasteiger partial charge in [-0.1, -0.05) is 36.4 Å². The van der Waals surface area contributed by atoms with E-state index < -0.39 is 11.9 Å². The van der Waals surface area contributed by atoms with Gasteiger partial charge in [-0.3, -0.25) is 4.79 Å². The Morgan fingerprint density at radius 2 is 1.78 bits per heavy atom. The van der Waals surface area contributed by atoms with Crippen LogP contribution in [0.1, 0.15) is 62.0 Å². The Morgan fingerprint density at radius 1 is 1.07 bits per heavy atom. The van der Waals surface area contributed by atoms with Crippen LogP contribution in [-0.2, 0) is 6.54 Å². The van der Waals surface area contributed by atoms with E-state index in [0.29, 0.717) is 24.4 Å². The number of rotatable bonds is 13. The monoisotopic (exact) mass is 556 g/mol. The SMILES string of the molecule is COc1ccc(CNCCC[C@@H](CN)c2[nH]cc(-c3ccccc3)[n+]2-c2c(C)cc(C(N)=O)cc2C)cc1C(=O)O. The average molecular weight is 557 g/mol. The molecule has 0 aliphatic carbocycles. The third-order valence-electron chi connectivity index (χ3n) is 7.31. The lowest BCUT2D eigenvalue weighted by atomic mass is 9.99. The van der Waals surface area contributed by atoms with Gasteiger partial charge in [0.05, 0.1) is 13.0 Å². The molecule has 1 aromatic heterocycles. The highest BCUT2D eigenvalue weighted by atomic mass is 16.5. The Hall–Kier alpha value is -4.47. The molecule has 7 N–H and O–H groups in total. The lowest BCUT2D eigenvalue weighted by molar-refractivity contribution is -0.594. The maximum absolute atomic E-state index is 11.9. The van der Waals surface area contributed by atoms with Gasteiger partial charge in [-0.15, -0.1) is 0 Å². The molecule has 0 fully saturated rings. The summed E-state index contributed by atoms with van der Waals surface area (Å²) in [4.78, 5) is 26.9. The number of nitrogens with one attached hydrogen (secondary N) is 2. The fraction of sp³-hybridized carbons (Fsp3) is 0.281. The first-order valence-electron chi connectivity index (χ1n) is 13.7. The van der Waals surface area contributed by atoms with Crippen LogP contribution in [-0.4, -0.2) is 42.2 Å². The standard InChI is InChI=1S/C32H37N5O4/c1-20-14-25(30(34)38)15-21(2)29(20)37-27(23-8-5-4-6-9-23)19-36-31(37)24(17-33)10-7-13-35-18-22-11-12-28(41-3)26(16-22)32(39)40/h4-6,8-9,11-12,14-16,19,24,35H,7,10,13,17-18,33H2,1-3H3,(H3,34,38,39,40)/p+1/t24-/m0/s1. The number of carbonyl (C=O) groups is 2. The van der Waals surface area contributed by atoms with E-state index >= 15 is 0 Å². The van der Waals surface area contributed by atoms with Gasteiger partial charge in [-0.25, -0.2) is 9.78 Å². The predicted molar refractivity (Wildman–Crippen MR) is 158 cm³/mol. The molecule has 0 radical (unpaired) electrons. The average Bonchev–Trinajstić information content (AvgIpc) is 3.39. The summed E-state index contributed by atoms with van der Waals surface area (Å²) >= 11 is 0. The number of nitrogens with two attached hydrogens (primary N) is 2. The minimum atomic E-state index is -1.02. The number of hydrogen-bond donors (Lipinski definition) is 5. The van der Waals surface area contributed by atoms with Gasteiger partial charge >= 0.3 is 5.97 Å². The molecular weight excluding hydrogens is 518 g/mol. The van der Waals surface area contributed by atoms with Crippen molar-refractivity contribution in [3.05, 3.63) is 101 Å². The molecule has 3 aromatic carbocycles. The summed E-state index contributed by atoms with van der Waals surface area (Å²) in [5, 5.41) is 12.9. The summed E-state index contributed by atoms with van der Waals surface area (Å²) in [6.45, 7) is 5.71. The molecule has 0 spiro atoms. The molecule has 1 amide bonds. The van der Waals surface area contributed by atoms with Crippen LogP contribution in [0.5, 0.6) is 5.75 Å². The number of aromatic carboxylic acids is 1. The van der Waals surface area contributed by atoms with E-state index in [0.717, 1.165) is 58.8 Å². The molecular formula is C32H38N5O4+. The summed E-state index contributed by atoms with van der Waals surface area (Å²) in [6, 6.07) is 19.0. The predicted octanol–water partition coefficient (Wildman–Crippen LogP) is 3.99. The van der Waals surface area contributed by atoms with Gasteiger partial charge in [0.25, 0.3) is 5.82 Å². The summed E-state index contributed by atoms with van der Waals surface area (Å²) in [5.41, 5.74) is 18.4. The number of aromatic amines is 1. The smallest absolute Gasteiger partial charge is 0.339 e. The van der Waals surface area contributed by atoms with Crippen LogP contribution in [0, 0.1) is 13.8 Å². The second-order valence-corrected chi connectivity index (χ2v) is 10.2. The number of hydrogen-bond acceptors (Lipinski definition) is 5. The first-order chi connectivity index (χ1) is 19.7. The number of ether oxygens (including phenoxy) is 1. The Labute approximate surface area is 240 Å². The molecule has 9 nitrogen and oxygen atoms in total. The van der Waals surface area contributed by atoms with E-state index in [4.69, 9.17) is 16.2 Å². The molecule has 4 rings (SSSR count). The van der Waals surface area contributed by atoms with Crippen molar-refractivity contribution in [1.82, 2.24) is 10.3 Å². The van der Waals surface area contributed by atoms with Gasteiger partial charge < -0.3 is 26.6 Å². The van der Waals surface area contributed by atoms with Crippen molar-refractivity contribution >= 4 is 11.9 Å². The summed E-state index contributed by atoms with van der Waals surface area (Å²) in [6.07, 6.45) is 3.71. The largest absolute Gasteiger partial charge is 0.496 e. The van der Waals surface area contributed by atoms with Crippen molar-refractivity contribution in [2.45, 2.75) is 39.2 Å². The van der Waals surface area contributed by atoms with E-state index in [2.05, 4.69) is 27.0 Å². The number of benzene rings is 3. The van der Waals surface area contributed by atoms with E-state index in [-0.39, 0.29) is 11.5 Å². The van der Waals surface area contributed by atoms with Crippen LogP contribution in [0.15, 0.2) is 66.9 Å². The molecule has 0 aliphatic heterocycles. The lowest BCUT2D eigenvalue weighted by Crippen LogP contribution is -2.40. The Balaban J connectivity index is 1.55. The number of nitrogens with zero attached hydrogens (tertiary/aromatic N) is 1. The third kappa shape index (κ3) is 6.65. The van der Waals surface area contributed by atoms with Gasteiger partial charge in [-0.05, 0) is 74.2 Å². The number of primary amides is 1. The number of imidazole rings is 1. The third-order valence-corrected chi connectivity index (χ3v) is 7.31. The van der Waals surface area contributed by atoms with E-state index in [9.17, 15) is 14.7 Å². The number of carboxylic acids is 1. The molecule has 0 aliphatic rings. The number of aryl methyl sites for hydroxylation is 2. The molecule has 0 bridgehead atoms. The highest BCUT2D eigenvalue weighted by molar-refractivity contribution is 5.93. The Bertz CT molecular complexity index is 1510. The highest BCUT2D eigenvalue weighted by Gasteiger charge is 2.30. The van der Waals surface area contributed by atoms with Crippen LogP contribution in [0.2, 0.25) is 0 Å². The van der Waals surface area contributed by atoms with Crippen LogP contribution in [0.4, 0.5) is 0 Å². The van der Waals surface area contributed by atoms with Crippen molar-refractivity contribution in [3.63, 3.8) is 0 Å². The van der Waals surface area contributed by atoms with Crippen LogP contribution < -0.4 is 26.1 Å². The highest BCUT2D eigenvalue weighted by Crippen LogP contribution is 2.27. The number of methoxy groups -OCH3 is 1. The fourth-order valence-corrected chi connectivity index (χ4v) is 5.32. The molecule has 41 heavy (non-hydrogen) atoms. The number of H-pyrrole nitrogens is 1. The second-order valence-electron chi connectivity index (χ2n) is 10.2. The zero-order valence-corrected chi connectivity index (χ0v) is 23.7. The second kappa shape index (κ2) is 13.3. The summed E-state index contributed by atoms with van der Waals surface area (Å²) < 4.78 is 7.37. The first kappa shape index (κ1) is 29.5. The molecule has 0 saturated carbocycles. The topological polar surface area (TPSA) is 147 Å². The molecule has 1 heterocycles. The summed E-state index contributed by atoms with van der Waals surface area (Å²) in [7, 11) is 1.46. The minimum Gasteiger partial charge on any atom is -0.496 e. The number of amides is 1. The number of aromatic nitrogens is 2. The molecule has 9 heteroatoms.